The van der Waals surface area contributed by atoms with Crippen LogP contribution in [-0.4, -0.2) is 40.0 Å². The van der Waals surface area contributed by atoms with Crippen molar-refractivity contribution in [3.05, 3.63) is 95.3 Å². The van der Waals surface area contributed by atoms with Gasteiger partial charge in [-0.3, -0.25) is 9.78 Å². The number of phenolic OH excluding ortho intramolecular Hbond substituents is 1. The first-order valence-electron chi connectivity index (χ1n) is 10.7. The number of methoxy groups -OCH3 is 1. The number of fused-ring (bicyclic) bond motifs is 1. The van der Waals surface area contributed by atoms with Crippen LogP contribution in [0.4, 0.5) is 0 Å². The zero-order chi connectivity index (χ0) is 22.9. The number of likely N-dealkylation sites (tertiary alicyclic amines) is 1. The number of nitrogens with one attached hydrogen (secondary N) is 2. The largest absolute Gasteiger partial charge is 0.508 e. The number of hydrazine groups is 1. The fraction of sp³-hybridized carbons (Fsp3) is 0.240. The minimum Gasteiger partial charge on any atom is -0.508 e. The molecule has 0 spiro atoms. The normalized spacial score (nSPS) is 24.0. The number of phenols is 1. The fourth-order valence-corrected chi connectivity index (χ4v) is 4.92. The number of aromatic nitrogens is 1. The van der Waals surface area contributed by atoms with Gasteiger partial charge in [-0.05, 0) is 35.4 Å². The Kier molecular flexibility index (Phi) is 5.53. The van der Waals surface area contributed by atoms with Gasteiger partial charge in [0.2, 0.25) is 5.91 Å². The number of hydrogen-bond acceptors (Lipinski definition) is 7. The van der Waals surface area contributed by atoms with E-state index in [4.69, 9.17) is 4.74 Å². The van der Waals surface area contributed by atoms with Crippen LogP contribution in [0.25, 0.3) is 0 Å². The van der Waals surface area contributed by atoms with Gasteiger partial charge in [0.05, 0.1) is 24.8 Å². The highest BCUT2D eigenvalue weighted by molar-refractivity contribution is 5.89. The molecule has 8 heteroatoms. The lowest BCUT2D eigenvalue weighted by Gasteiger charge is -2.31. The smallest absolute Gasteiger partial charge is 0.337 e. The molecule has 3 heterocycles. The second-order valence-corrected chi connectivity index (χ2v) is 8.27. The Balaban J connectivity index is 1.56. The molecule has 1 aromatic heterocycles. The molecule has 0 aliphatic carbocycles. The lowest BCUT2D eigenvalue weighted by Crippen LogP contribution is -2.41. The minimum absolute atomic E-state index is 0.0312. The summed E-state index contributed by atoms with van der Waals surface area (Å²) in [4.78, 5) is 31.5. The maximum atomic E-state index is 13.5. The van der Waals surface area contributed by atoms with Crippen molar-refractivity contribution in [3.63, 3.8) is 0 Å². The molecule has 8 nitrogen and oxygen atoms in total. The number of ether oxygens (including phenoxy) is 1. The summed E-state index contributed by atoms with van der Waals surface area (Å²) >= 11 is 0. The molecule has 2 fully saturated rings. The predicted molar refractivity (Wildman–Crippen MR) is 120 cm³/mol. The van der Waals surface area contributed by atoms with E-state index in [1.54, 1.807) is 36.7 Å². The van der Waals surface area contributed by atoms with Gasteiger partial charge in [0.25, 0.3) is 0 Å². The van der Waals surface area contributed by atoms with Crippen LogP contribution in [0.1, 0.15) is 39.1 Å². The first kappa shape index (κ1) is 21.1. The number of amides is 1. The summed E-state index contributed by atoms with van der Waals surface area (Å²) in [6.07, 6.45) is 3.46. The summed E-state index contributed by atoms with van der Waals surface area (Å²) < 4.78 is 4.82. The number of para-hydroxylation sites is 1. The van der Waals surface area contributed by atoms with E-state index < -0.39 is 12.0 Å². The molecule has 0 bridgehead atoms. The fourth-order valence-electron chi connectivity index (χ4n) is 4.92. The van der Waals surface area contributed by atoms with E-state index >= 15 is 0 Å². The standard InChI is InChI=1S/C25H24N4O4/c1-33-25(32)17-10-8-16(9-11-17)23-20-21(18-6-2-3-7-19(18)30)27-28-22(20)24(31)29(23)14-15-5-4-12-26-13-15/h2-13,20-23,27-28,30H,14H2,1H3. The maximum Gasteiger partial charge on any atom is 0.337 e. The summed E-state index contributed by atoms with van der Waals surface area (Å²) in [6, 6.07) is 17.1. The van der Waals surface area contributed by atoms with Crippen LogP contribution in [0.3, 0.4) is 0 Å². The number of hydrogen-bond donors (Lipinski definition) is 3. The molecule has 2 aliphatic heterocycles. The Labute approximate surface area is 191 Å². The molecule has 4 atom stereocenters. The molecule has 1 amide bonds. The Morgan fingerprint density at radius 2 is 1.82 bits per heavy atom. The maximum absolute atomic E-state index is 13.5. The van der Waals surface area contributed by atoms with Gasteiger partial charge in [-0.15, -0.1) is 0 Å². The number of aromatic hydroxyl groups is 1. The predicted octanol–water partition coefficient (Wildman–Crippen LogP) is 2.49. The quantitative estimate of drug-likeness (QED) is 0.520. The number of nitrogens with zero attached hydrogens (tertiary/aromatic N) is 2. The molecular weight excluding hydrogens is 420 g/mol. The van der Waals surface area contributed by atoms with E-state index in [1.807, 2.05) is 41.3 Å². The molecule has 168 valence electrons. The average molecular weight is 444 g/mol. The van der Waals surface area contributed by atoms with E-state index in [9.17, 15) is 14.7 Å². The highest BCUT2D eigenvalue weighted by Gasteiger charge is 2.55. The third kappa shape index (κ3) is 3.73. The van der Waals surface area contributed by atoms with Gasteiger partial charge < -0.3 is 14.7 Å². The summed E-state index contributed by atoms with van der Waals surface area (Å²) in [5.74, 6) is -0.455. The number of carbonyl (C=O) groups is 2. The third-order valence-electron chi connectivity index (χ3n) is 6.43. The van der Waals surface area contributed by atoms with Gasteiger partial charge >= 0.3 is 5.97 Å². The van der Waals surface area contributed by atoms with Crippen LogP contribution in [0.15, 0.2) is 73.1 Å². The van der Waals surface area contributed by atoms with Crippen LogP contribution >= 0.6 is 0 Å². The van der Waals surface area contributed by atoms with E-state index in [2.05, 4.69) is 15.8 Å². The lowest BCUT2D eigenvalue weighted by atomic mass is 9.83. The molecule has 5 rings (SSSR count). The average Bonchev–Trinajstić information content (AvgIpc) is 3.39. The van der Waals surface area contributed by atoms with Crippen molar-refractivity contribution in [2.24, 2.45) is 5.92 Å². The van der Waals surface area contributed by atoms with Crippen LogP contribution in [-0.2, 0) is 16.1 Å². The second kappa shape index (κ2) is 8.65. The Morgan fingerprint density at radius 1 is 1.06 bits per heavy atom. The third-order valence-corrected chi connectivity index (χ3v) is 6.43. The highest BCUT2D eigenvalue weighted by Crippen LogP contribution is 2.48. The molecule has 0 saturated carbocycles. The molecule has 2 aromatic carbocycles. The van der Waals surface area contributed by atoms with Gasteiger partial charge in [-0.1, -0.05) is 36.4 Å². The van der Waals surface area contributed by atoms with Crippen LogP contribution in [0, 0.1) is 5.92 Å². The van der Waals surface area contributed by atoms with Crippen LogP contribution in [0.5, 0.6) is 5.75 Å². The molecule has 4 unspecified atom stereocenters. The molecule has 2 aliphatic rings. The van der Waals surface area contributed by atoms with Gasteiger partial charge in [0, 0.05) is 30.4 Å². The summed E-state index contributed by atoms with van der Waals surface area (Å²) in [5, 5.41) is 10.5. The Bertz CT molecular complexity index is 1170. The molecule has 3 N–H and O–H groups in total. The van der Waals surface area contributed by atoms with Gasteiger partial charge in [0.15, 0.2) is 0 Å². The SMILES string of the molecule is COC(=O)c1ccc(C2C3C(NNC3c3ccccc3O)C(=O)N2Cc2cccnc2)cc1. The van der Waals surface area contributed by atoms with Crippen molar-refractivity contribution < 1.29 is 19.4 Å². The molecular formula is C25H24N4O4. The summed E-state index contributed by atoms with van der Waals surface area (Å²) in [7, 11) is 1.35. The van der Waals surface area contributed by atoms with Crippen molar-refractivity contribution in [1.29, 1.82) is 0 Å². The topological polar surface area (TPSA) is 104 Å². The van der Waals surface area contributed by atoms with Gasteiger partial charge in [-0.2, -0.15) is 0 Å². The Morgan fingerprint density at radius 3 is 2.52 bits per heavy atom. The Hall–Kier alpha value is -3.75. The second-order valence-electron chi connectivity index (χ2n) is 8.27. The number of pyridine rings is 1. The summed E-state index contributed by atoms with van der Waals surface area (Å²) in [6.45, 7) is 0.401. The number of esters is 1. The minimum atomic E-state index is -0.462. The molecule has 33 heavy (non-hydrogen) atoms. The number of carbonyl (C=O) groups excluding carboxylic acids is 2. The zero-order valence-electron chi connectivity index (χ0n) is 18.0. The van der Waals surface area contributed by atoms with Gasteiger partial charge in [-0.25, -0.2) is 15.6 Å². The molecule has 3 aromatic rings. The van der Waals surface area contributed by atoms with Crippen molar-refractivity contribution in [3.8, 4) is 5.75 Å². The van der Waals surface area contributed by atoms with E-state index in [1.165, 1.54) is 7.11 Å². The number of rotatable bonds is 5. The van der Waals surface area contributed by atoms with Gasteiger partial charge in [0.1, 0.15) is 11.8 Å². The van der Waals surface area contributed by atoms with Crippen molar-refractivity contribution in [2.75, 3.05) is 7.11 Å². The van der Waals surface area contributed by atoms with E-state index in [0.29, 0.717) is 12.1 Å². The van der Waals surface area contributed by atoms with E-state index in [-0.39, 0.29) is 29.7 Å². The van der Waals surface area contributed by atoms with Crippen molar-refractivity contribution in [1.82, 2.24) is 20.7 Å². The van der Waals surface area contributed by atoms with E-state index in [0.717, 1.165) is 16.7 Å². The first-order valence-corrected chi connectivity index (χ1v) is 10.7. The van der Waals surface area contributed by atoms with Crippen molar-refractivity contribution >= 4 is 11.9 Å². The lowest BCUT2D eigenvalue weighted by molar-refractivity contribution is -0.131. The number of benzene rings is 2. The molecule has 2 saturated heterocycles. The highest BCUT2D eigenvalue weighted by atomic mass is 16.5. The van der Waals surface area contributed by atoms with Crippen LogP contribution in [0.2, 0.25) is 0 Å². The zero-order valence-corrected chi connectivity index (χ0v) is 18.0. The van der Waals surface area contributed by atoms with Crippen LogP contribution < -0.4 is 10.9 Å². The summed E-state index contributed by atoms with van der Waals surface area (Å²) in [5.41, 5.74) is 9.38. The monoisotopic (exact) mass is 444 g/mol. The first-order chi connectivity index (χ1) is 16.1. The molecule has 0 radical (unpaired) electrons. The van der Waals surface area contributed by atoms with Crippen molar-refractivity contribution in [2.45, 2.75) is 24.7 Å².